The van der Waals surface area contributed by atoms with E-state index >= 15 is 0 Å². The third kappa shape index (κ3) is 5.41. The second kappa shape index (κ2) is 8.33. The maximum absolute atomic E-state index is 11.9. The molecule has 20 heavy (non-hydrogen) atoms. The van der Waals surface area contributed by atoms with E-state index in [9.17, 15) is 4.79 Å². The van der Waals surface area contributed by atoms with E-state index in [4.69, 9.17) is 9.47 Å². The molecule has 1 atom stereocenters. The Balaban J connectivity index is 2.45. The van der Waals surface area contributed by atoms with Crippen molar-refractivity contribution in [1.82, 2.24) is 0 Å². The van der Waals surface area contributed by atoms with Crippen molar-refractivity contribution in [3.8, 4) is 0 Å². The molecule has 1 aromatic carbocycles. The minimum Gasteiger partial charge on any atom is -0.459 e. The molecule has 108 valence electrons. The molecule has 1 unspecified atom stereocenters. The third-order valence-corrected chi connectivity index (χ3v) is 2.92. The molecule has 3 nitrogen and oxygen atoms in total. The molecule has 0 aliphatic heterocycles. The lowest BCUT2D eigenvalue weighted by Crippen LogP contribution is -2.33. The van der Waals surface area contributed by atoms with Crippen molar-refractivity contribution < 1.29 is 14.3 Å². The van der Waals surface area contributed by atoms with Crippen LogP contribution in [-0.4, -0.2) is 24.8 Å². The molecule has 0 spiro atoms. The van der Waals surface area contributed by atoms with E-state index in [0.29, 0.717) is 12.2 Å². The zero-order valence-corrected chi connectivity index (χ0v) is 12.0. The van der Waals surface area contributed by atoms with Gasteiger partial charge in [0.2, 0.25) is 0 Å². The first-order valence-electron chi connectivity index (χ1n) is 6.72. The fourth-order valence-electron chi connectivity index (χ4n) is 1.56. The van der Waals surface area contributed by atoms with E-state index < -0.39 is 5.60 Å². The van der Waals surface area contributed by atoms with E-state index in [0.717, 1.165) is 12.8 Å². The highest BCUT2D eigenvalue weighted by Crippen LogP contribution is 2.14. The van der Waals surface area contributed by atoms with E-state index in [1.807, 2.05) is 19.1 Å². The van der Waals surface area contributed by atoms with Crippen molar-refractivity contribution in [3.05, 3.63) is 61.2 Å². The smallest absolute Gasteiger partial charge is 0.338 e. The number of esters is 1. The molecule has 0 amide bonds. The minimum absolute atomic E-state index is 0.151. The number of rotatable bonds is 9. The Morgan fingerprint density at radius 1 is 1.30 bits per heavy atom. The van der Waals surface area contributed by atoms with Crippen LogP contribution in [0.25, 0.3) is 0 Å². The normalized spacial score (nSPS) is 13.2. The average molecular weight is 274 g/mol. The van der Waals surface area contributed by atoms with Gasteiger partial charge in [-0.15, -0.1) is 13.2 Å². The molecule has 1 rings (SSSR count). The van der Waals surface area contributed by atoms with Crippen molar-refractivity contribution in [1.29, 1.82) is 0 Å². The van der Waals surface area contributed by atoms with Crippen LogP contribution in [0.1, 0.15) is 30.1 Å². The summed E-state index contributed by atoms with van der Waals surface area (Å²) in [5.74, 6) is -0.353. The maximum atomic E-state index is 11.9. The van der Waals surface area contributed by atoms with Crippen molar-refractivity contribution in [3.63, 3.8) is 0 Å². The summed E-state index contributed by atoms with van der Waals surface area (Å²) < 4.78 is 11.0. The highest BCUT2D eigenvalue weighted by atomic mass is 16.6. The van der Waals surface area contributed by atoms with E-state index in [-0.39, 0.29) is 12.6 Å². The van der Waals surface area contributed by atoms with Crippen molar-refractivity contribution in [2.75, 3.05) is 13.2 Å². The number of hydrogen-bond donors (Lipinski definition) is 0. The molecule has 0 aliphatic rings. The Kier molecular flexibility index (Phi) is 6.74. The number of carbonyl (C=O) groups excluding carboxylic acids is 1. The largest absolute Gasteiger partial charge is 0.459 e. The fraction of sp³-hybridized carbons (Fsp3) is 0.353. The Hall–Kier alpha value is -1.87. The molecule has 0 aliphatic carbocycles. The van der Waals surface area contributed by atoms with E-state index in [1.165, 1.54) is 0 Å². The summed E-state index contributed by atoms with van der Waals surface area (Å²) in [4.78, 5) is 11.9. The predicted molar refractivity (Wildman–Crippen MR) is 80.7 cm³/mol. The summed E-state index contributed by atoms with van der Waals surface area (Å²) in [7, 11) is 0. The molecule has 0 aromatic heterocycles. The number of allylic oxidation sites excluding steroid dienone is 1. The summed E-state index contributed by atoms with van der Waals surface area (Å²) in [6.45, 7) is 9.99. The number of ether oxygens (including phenoxy) is 2. The lowest BCUT2D eigenvalue weighted by Gasteiger charge is -2.25. The third-order valence-electron chi connectivity index (χ3n) is 2.92. The number of unbranched alkanes of at least 4 members (excludes halogenated alkanes) is 1. The van der Waals surface area contributed by atoms with Crippen LogP contribution in [0.4, 0.5) is 0 Å². The van der Waals surface area contributed by atoms with Crippen LogP contribution in [0.2, 0.25) is 0 Å². The lowest BCUT2D eigenvalue weighted by molar-refractivity contribution is -0.0439. The standard InChI is InChI=1S/C17H22O3/c1-4-6-10-13-20-17(3,5-2)14-19-16(18)15-11-8-7-9-12-15/h4-5,7-9,11-12H,1-2,6,10,13-14H2,3H3. The van der Waals surface area contributed by atoms with Crippen LogP contribution in [0, 0.1) is 0 Å². The molecule has 0 saturated carbocycles. The fourth-order valence-corrected chi connectivity index (χ4v) is 1.56. The first-order valence-corrected chi connectivity index (χ1v) is 6.72. The highest BCUT2D eigenvalue weighted by Gasteiger charge is 2.23. The Morgan fingerprint density at radius 2 is 2.00 bits per heavy atom. The Labute approximate surface area is 120 Å². The van der Waals surface area contributed by atoms with Gasteiger partial charge in [-0.3, -0.25) is 0 Å². The highest BCUT2D eigenvalue weighted by molar-refractivity contribution is 5.89. The lowest BCUT2D eigenvalue weighted by atomic mass is 10.1. The first kappa shape index (κ1) is 16.2. The van der Waals surface area contributed by atoms with Crippen LogP contribution < -0.4 is 0 Å². The van der Waals surface area contributed by atoms with Gasteiger partial charge in [0.15, 0.2) is 0 Å². The number of carbonyl (C=O) groups is 1. The molecule has 0 fully saturated rings. The minimum atomic E-state index is -0.661. The van der Waals surface area contributed by atoms with Crippen LogP contribution in [0.5, 0.6) is 0 Å². The summed E-state index contributed by atoms with van der Waals surface area (Å²) in [5.41, 5.74) is -0.128. The summed E-state index contributed by atoms with van der Waals surface area (Å²) >= 11 is 0. The zero-order chi connectivity index (χ0) is 14.8. The van der Waals surface area contributed by atoms with Gasteiger partial charge in [0.05, 0.1) is 5.56 Å². The molecule has 0 saturated heterocycles. The van der Waals surface area contributed by atoms with Gasteiger partial charge in [0, 0.05) is 6.61 Å². The van der Waals surface area contributed by atoms with Gasteiger partial charge in [-0.05, 0) is 31.9 Å². The molecule has 0 heterocycles. The van der Waals surface area contributed by atoms with Crippen molar-refractivity contribution >= 4 is 5.97 Å². The molecule has 0 N–H and O–H groups in total. The van der Waals surface area contributed by atoms with Gasteiger partial charge < -0.3 is 9.47 Å². The Bertz CT molecular complexity index is 439. The van der Waals surface area contributed by atoms with Gasteiger partial charge in [-0.2, -0.15) is 0 Å². The predicted octanol–water partition coefficient (Wildman–Crippen LogP) is 3.77. The SMILES string of the molecule is C=CCCCOC(C)(C=C)COC(=O)c1ccccc1. The van der Waals surface area contributed by atoms with E-state index in [2.05, 4.69) is 13.2 Å². The summed E-state index contributed by atoms with van der Waals surface area (Å²) in [6, 6.07) is 8.90. The molecule has 0 radical (unpaired) electrons. The maximum Gasteiger partial charge on any atom is 0.338 e. The molecular formula is C17H22O3. The van der Waals surface area contributed by atoms with Gasteiger partial charge in [0.25, 0.3) is 0 Å². The summed E-state index contributed by atoms with van der Waals surface area (Å²) in [5, 5.41) is 0. The second-order valence-electron chi connectivity index (χ2n) is 4.74. The molecule has 0 bridgehead atoms. The first-order chi connectivity index (χ1) is 9.61. The molecular weight excluding hydrogens is 252 g/mol. The van der Waals surface area contributed by atoms with Crippen LogP contribution in [-0.2, 0) is 9.47 Å². The Morgan fingerprint density at radius 3 is 2.60 bits per heavy atom. The zero-order valence-electron chi connectivity index (χ0n) is 12.0. The monoisotopic (exact) mass is 274 g/mol. The van der Waals surface area contributed by atoms with Gasteiger partial charge in [-0.25, -0.2) is 4.79 Å². The van der Waals surface area contributed by atoms with Crippen LogP contribution in [0.3, 0.4) is 0 Å². The van der Waals surface area contributed by atoms with Crippen LogP contribution >= 0.6 is 0 Å². The van der Waals surface area contributed by atoms with Crippen molar-refractivity contribution in [2.45, 2.75) is 25.4 Å². The van der Waals surface area contributed by atoms with E-state index in [1.54, 1.807) is 30.3 Å². The average Bonchev–Trinajstić information content (AvgIpc) is 2.50. The van der Waals surface area contributed by atoms with Gasteiger partial charge >= 0.3 is 5.97 Å². The summed E-state index contributed by atoms with van der Waals surface area (Å²) in [6.07, 6.45) is 5.31. The number of hydrogen-bond acceptors (Lipinski definition) is 3. The number of benzene rings is 1. The molecule has 3 heteroatoms. The second-order valence-corrected chi connectivity index (χ2v) is 4.74. The molecule has 1 aromatic rings. The van der Waals surface area contributed by atoms with Gasteiger partial charge in [0.1, 0.15) is 12.2 Å². The van der Waals surface area contributed by atoms with Crippen molar-refractivity contribution in [2.24, 2.45) is 0 Å². The quantitative estimate of drug-likeness (QED) is 0.390. The topological polar surface area (TPSA) is 35.5 Å². The van der Waals surface area contributed by atoms with Crippen LogP contribution in [0.15, 0.2) is 55.6 Å². The van der Waals surface area contributed by atoms with Gasteiger partial charge in [-0.1, -0.05) is 30.4 Å².